The first-order valence-electron chi connectivity index (χ1n) is 5.75. The van der Waals surface area contributed by atoms with Crippen molar-refractivity contribution in [1.29, 1.82) is 0 Å². The quantitative estimate of drug-likeness (QED) is 0.882. The van der Waals surface area contributed by atoms with Crippen LogP contribution in [0.5, 0.6) is 0 Å². The molecule has 2 rings (SSSR count). The first kappa shape index (κ1) is 14.6. The van der Waals surface area contributed by atoms with Gasteiger partial charge >= 0.3 is 6.18 Å². The van der Waals surface area contributed by atoms with Crippen LogP contribution in [0, 0.1) is 0 Å². The largest absolute Gasteiger partial charge is 0.416 e. The van der Waals surface area contributed by atoms with Crippen LogP contribution in [0.3, 0.4) is 0 Å². The van der Waals surface area contributed by atoms with Crippen molar-refractivity contribution in [2.75, 3.05) is 5.32 Å². The average molecular weight is 306 g/mol. The number of nitrogens with zero attached hydrogens (tertiary/aromatic N) is 4. The number of aryl methyl sites for hydroxylation is 1. The minimum absolute atomic E-state index is 0.0375. The second kappa shape index (κ2) is 5.66. The Kier molecular flexibility index (Phi) is 4.12. The molecule has 0 saturated carbocycles. The maximum absolute atomic E-state index is 12.6. The lowest BCUT2D eigenvalue weighted by atomic mass is 10.2. The second-order valence-electron chi connectivity index (χ2n) is 3.95. The highest BCUT2D eigenvalue weighted by Gasteiger charge is 2.31. The third-order valence-corrected chi connectivity index (χ3v) is 2.78. The van der Waals surface area contributed by atoms with Gasteiger partial charge in [0.15, 0.2) is 5.82 Å². The number of rotatable bonds is 4. The number of anilines is 1. The van der Waals surface area contributed by atoms with Crippen molar-refractivity contribution < 1.29 is 13.2 Å². The predicted octanol–water partition coefficient (Wildman–Crippen LogP) is 2.98. The van der Waals surface area contributed by atoms with Gasteiger partial charge in [-0.05, 0) is 19.1 Å². The van der Waals surface area contributed by atoms with E-state index in [1.165, 1.54) is 0 Å². The maximum atomic E-state index is 12.6. The van der Waals surface area contributed by atoms with Crippen LogP contribution in [-0.2, 0) is 19.3 Å². The molecule has 0 unspecified atom stereocenters. The van der Waals surface area contributed by atoms with E-state index in [-0.39, 0.29) is 17.5 Å². The van der Waals surface area contributed by atoms with Gasteiger partial charge in [0, 0.05) is 6.54 Å². The maximum Gasteiger partial charge on any atom is 0.416 e. The molecule has 2 heterocycles. The molecule has 0 aromatic carbocycles. The topological polar surface area (TPSA) is 55.6 Å². The Balaban J connectivity index is 2.16. The molecule has 0 amide bonds. The summed E-state index contributed by atoms with van der Waals surface area (Å²) in [4.78, 5) is 3.80. The van der Waals surface area contributed by atoms with E-state index in [4.69, 9.17) is 11.6 Å². The van der Waals surface area contributed by atoms with Crippen molar-refractivity contribution in [3.8, 4) is 0 Å². The van der Waals surface area contributed by atoms with Gasteiger partial charge in [0.25, 0.3) is 0 Å². The van der Waals surface area contributed by atoms with Gasteiger partial charge in [0.05, 0.1) is 12.1 Å². The van der Waals surface area contributed by atoms with E-state index in [0.717, 1.165) is 12.1 Å². The minimum atomic E-state index is -4.47. The zero-order valence-corrected chi connectivity index (χ0v) is 11.2. The summed E-state index contributed by atoms with van der Waals surface area (Å²) in [6.45, 7) is 2.78. The van der Waals surface area contributed by atoms with Crippen LogP contribution in [0.1, 0.15) is 18.3 Å². The van der Waals surface area contributed by atoms with E-state index in [2.05, 4.69) is 20.5 Å². The van der Waals surface area contributed by atoms with Gasteiger partial charge in [-0.3, -0.25) is 0 Å². The zero-order chi connectivity index (χ0) is 14.8. The molecule has 0 aliphatic heterocycles. The van der Waals surface area contributed by atoms with Crippen molar-refractivity contribution in [3.05, 3.63) is 35.0 Å². The van der Waals surface area contributed by atoms with E-state index in [9.17, 15) is 13.2 Å². The van der Waals surface area contributed by atoms with Gasteiger partial charge in [-0.15, -0.1) is 10.2 Å². The number of nitrogens with one attached hydrogen (secondary N) is 1. The van der Waals surface area contributed by atoms with Crippen LogP contribution in [0.15, 0.2) is 18.5 Å². The highest BCUT2D eigenvalue weighted by molar-refractivity contribution is 6.29. The molecule has 0 radical (unpaired) electrons. The van der Waals surface area contributed by atoms with Crippen LogP contribution >= 0.6 is 11.6 Å². The van der Waals surface area contributed by atoms with Crippen LogP contribution in [0.2, 0.25) is 5.15 Å². The highest BCUT2D eigenvalue weighted by atomic mass is 35.5. The Morgan fingerprint density at radius 1 is 1.35 bits per heavy atom. The summed E-state index contributed by atoms with van der Waals surface area (Å²) in [7, 11) is 0. The summed E-state index contributed by atoms with van der Waals surface area (Å²) < 4.78 is 39.7. The lowest BCUT2D eigenvalue weighted by Gasteiger charge is -2.10. The Hall–Kier alpha value is -1.83. The summed E-state index contributed by atoms with van der Waals surface area (Å²) in [5, 5.41) is 10.1. The molecule has 5 nitrogen and oxygen atoms in total. The van der Waals surface area contributed by atoms with E-state index in [0.29, 0.717) is 12.4 Å². The molecule has 0 atom stereocenters. The first-order valence-corrected chi connectivity index (χ1v) is 6.13. The number of alkyl halides is 3. The summed E-state index contributed by atoms with van der Waals surface area (Å²) in [6.07, 6.45) is -2.92. The Labute approximate surface area is 117 Å². The van der Waals surface area contributed by atoms with E-state index < -0.39 is 11.7 Å². The normalized spacial score (nSPS) is 11.7. The van der Waals surface area contributed by atoms with Crippen molar-refractivity contribution in [1.82, 2.24) is 19.7 Å². The molecule has 9 heteroatoms. The van der Waals surface area contributed by atoms with Crippen molar-refractivity contribution in [2.24, 2.45) is 0 Å². The molecule has 0 aliphatic carbocycles. The average Bonchev–Trinajstić information content (AvgIpc) is 2.82. The molecule has 0 bridgehead atoms. The first-order chi connectivity index (χ1) is 9.40. The molecule has 2 aromatic heterocycles. The molecule has 2 aromatic rings. The zero-order valence-electron chi connectivity index (χ0n) is 10.4. The Morgan fingerprint density at radius 2 is 2.10 bits per heavy atom. The number of hydrogen-bond acceptors (Lipinski definition) is 4. The number of hydrogen-bond donors (Lipinski definition) is 1. The molecule has 0 spiro atoms. The lowest BCUT2D eigenvalue weighted by molar-refractivity contribution is -0.137. The van der Waals surface area contributed by atoms with Crippen LogP contribution < -0.4 is 5.32 Å². The van der Waals surface area contributed by atoms with E-state index >= 15 is 0 Å². The number of halogens is 4. The van der Waals surface area contributed by atoms with Crippen molar-refractivity contribution >= 4 is 17.4 Å². The van der Waals surface area contributed by atoms with Gasteiger partial charge in [0.2, 0.25) is 0 Å². The number of aromatic nitrogens is 4. The second-order valence-corrected chi connectivity index (χ2v) is 4.34. The van der Waals surface area contributed by atoms with Gasteiger partial charge in [0.1, 0.15) is 17.3 Å². The van der Waals surface area contributed by atoms with Gasteiger partial charge in [-0.1, -0.05) is 11.6 Å². The summed E-state index contributed by atoms with van der Waals surface area (Å²) in [6, 6.07) is 1.68. The third kappa shape index (κ3) is 3.38. The van der Waals surface area contributed by atoms with E-state index in [1.54, 1.807) is 10.9 Å². The number of pyridine rings is 1. The Morgan fingerprint density at radius 3 is 2.75 bits per heavy atom. The monoisotopic (exact) mass is 305 g/mol. The predicted molar refractivity (Wildman–Crippen MR) is 67.3 cm³/mol. The van der Waals surface area contributed by atoms with Crippen LogP contribution in [-0.4, -0.2) is 19.7 Å². The molecule has 20 heavy (non-hydrogen) atoms. The fourth-order valence-corrected chi connectivity index (χ4v) is 1.81. The smallest absolute Gasteiger partial charge is 0.363 e. The van der Waals surface area contributed by atoms with Gasteiger partial charge < -0.3 is 9.88 Å². The molecule has 108 valence electrons. The standard InChI is InChI=1S/C11H11ClF3N5/c1-2-20-6-17-19-10(20)5-16-9-4-7(11(13,14)15)3-8(12)18-9/h3-4,6H,2,5H2,1H3,(H,16,18). The van der Waals surface area contributed by atoms with Gasteiger partial charge in [-0.2, -0.15) is 13.2 Å². The highest BCUT2D eigenvalue weighted by Crippen LogP contribution is 2.31. The Bertz CT molecular complexity index is 596. The molecule has 0 fully saturated rings. The fourth-order valence-electron chi connectivity index (χ4n) is 1.60. The molecule has 0 aliphatic rings. The van der Waals surface area contributed by atoms with Crippen molar-refractivity contribution in [2.45, 2.75) is 26.2 Å². The van der Waals surface area contributed by atoms with E-state index in [1.807, 2.05) is 6.92 Å². The molecule has 1 N–H and O–H groups in total. The van der Waals surface area contributed by atoms with Crippen molar-refractivity contribution in [3.63, 3.8) is 0 Å². The third-order valence-electron chi connectivity index (χ3n) is 2.59. The lowest BCUT2D eigenvalue weighted by Crippen LogP contribution is -2.11. The SMILES string of the molecule is CCn1cnnc1CNc1cc(C(F)(F)F)cc(Cl)n1. The summed E-state index contributed by atoms with van der Waals surface area (Å²) in [5.74, 6) is 0.637. The molecular weight excluding hydrogens is 295 g/mol. The van der Waals surface area contributed by atoms with Crippen LogP contribution in [0.25, 0.3) is 0 Å². The van der Waals surface area contributed by atoms with Gasteiger partial charge in [-0.25, -0.2) is 4.98 Å². The summed E-state index contributed by atoms with van der Waals surface area (Å²) >= 11 is 5.59. The minimum Gasteiger partial charge on any atom is -0.363 e. The van der Waals surface area contributed by atoms with Crippen LogP contribution in [0.4, 0.5) is 19.0 Å². The fraction of sp³-hybridized carbons (Fsp3) is 0.364. The molecule has 0 saturated heterocycles. The molecular formula is C11H11ClF3N5. The summed E-state index contributed by atoms with van der Waals surface area (Å²) in [5.41, 5.74) is -0.850.